The number of pyridine rings is 1. The summed E-state index contributed by atoms with van der Waals surface area (Å²) in [5.41, 5.74) is 5.53. The number of nitrogen functional groups attached to an aromatic ring is 2. The molecular weight excluding hydrogens is 140 g/mol. The molecule has 1 aromatic heterocycles. The van der Waals surface area contributed by atoms with Crippen molar-refractivity contribution in [1.29, 1.82) is 0 Å². The zero-order valence-corrected chi connectivity index (χ0v) is 6.49. The molecule has 1 aromatic rings. The van der Waals surface area contributed by atoms with Gasteiger partial charge in [0.1, 0.15) is 5.82 Å². The molecule has 4 N–H and O–H groups in total. The number of aromatic nitrogens is 1. The summed E-state index contributed by atoms with van der Waals surface area (Å²) in [5, 5.41) is 0.867. The fourth-order valence-electron chi connectivity index (χ4n) is 0.798. The lowest BCUT2D eigenvalue weighted by Gasteiger charge is -2.00. The largest absolute Gasteiger partial charge is 0.384 e. The Morgan fingerprint density at radius 1 is 1.64 bits per heavy atom. The molecular formula is C7H12N4. The van der Waals surface area contributed by atoms with Crippen LogP contribution < -0.4 is 16.9 Å². The van der Waals surface area contributed by atoms with Crippen molar-refractivity contribution in [2.24, 2.45) is 4.99 Å². The first-order valence-corrected chi connectivity index (χ1v) is 3.47. The zero-order valence-electron chi connectivity index (χ0n) is 6.49. The minimum Gasteiger partial charge on any atom is -0.384 e. The summed E-state index contributed by atoms with van der Waals surface area (Å²) < 4.78 is 1.36. The van der Waals surface area contributed by atoms with Crippen LogP contribution in [-0.2, 0) is 0 Å². The Kier molecular flexibility index (Phi) is 2.15. The second-order valence-corrected chi connectivity index (χ2v) is 2.19. The summed E-state index contributed by atoms with van der Waals surface area (Å²) >= 11 is 0. The van der Waals surface area contributed by atoms with Crippen molar-refractivity contribution < 1.29 is 0 Å². The first kappa shape index (κ1) is 7.65. The van der Waals surface area contributed by atoms with Gasteiger partial charge in [-0.15, -0.1) is 0 Å². The first-order chi connectivity index (χ1) is 5.24. The molecule has 1 rings (SSSR count). The standard InChI is InChI=1S/C7H12N4/c1-2-10-6-3-4-11(9)7(8)5-6/h3-5H,2,8-9H2,1H3. The second-order valence-electron chi connectivity index (χ2n) is 2.19. The predicted octanol–water partition coefficient (Wildman–Crippen LogP) is -0.295. The van der Waals surface area contributed by atoms with Crippen LogP contribution in [0, 0.1) is 0 Å². The highest BCUT2D eigenvalue weighted by Crippen LogP contribution is 1.89. The molecule has 0 aliphatic rings. The van der Waals surface area contributed by atoms with Gasteiger partial charge in [-0.2, -0.15) is 0 Å². The van der Waals surface area contributed by atoms with Gasteiger partial charge in [0, 0.05) is 18.8 Å². The van der Waals surface area contributed by atoms with E-state index in [9.17, 15) is 0 Å². The van der Waals surface area contributed by atoms with Crippen LogP contribution in [0.25, 0.3) is 0 Å². The van der Waals surface area contributed by atoms with E-state index in [0.29, 0.717) is 5.82 Å². The van der Waals surface area contributed by atoms with E-state index in [0.717, 1.165) is 11.9 Å². The molecule has 0 bridgehead atoms. The number of anilines is 1. The minimum atomic E-state index is 0.514. The highest BCUT2D eigenvalue weighted by molar-refractivity contribution is 5.27. The van der Waals surface area contributed by atoms with Crippen molar-refractivity contribution >= 4 is 5.82 Å². The van der Waals surface area contributed by atoms with Gasteiger partial charge in [-0.05, 0) is 13.0 Å². The van der Waals surface area contributed by atoms with Gasteiger partial charge in [-0.25, -0.2) is 0 Å². The predicted molar refractivity (Wildman–Crippen MR) is 45.1 cm³/mol. The number of hydrogen-bond donors (Lipinski definition) is 2. The Morgan fingerprint density at radius 3 is 2.91 bits per heavy atom. The molecule has 0 radical (unpaired) electrons. The fourth-order valence-corrected chi connectivity index (χ4v) is 0.798. The molecule has 11 heavy (non-hydrogen) atoms. The molecule has 0 aliphatic carbocycles. The summed E-state index contributed by atoms with van der Waals surface area (Å²) in [4.78, 5) is 4.16. The lowest BCUT2D eigenvalue weighted by Crippen LogP contribution is -2.17. The van der Waals surface area contributed by atoms with E-state index >= 15 is 0 Å². The maximum Gasteiger partial charge on any atom is 0.124 e. The summed E-state index contributed by atoms with van der Waals surface area (Å²) in [6.07, 6.45) is 1.68. The molecule has 4 nitrogen and oxygen atoms in total. The number of nitrogens with two attached hydrogens (primary N) is 2. The lowest BCUT2D eigenvalue weighted by molar-refractivity contribution is 0.979. The maximum atomic E-state index is 5.53. The van der Waals surface area contributed by atoms with Crippen molar-refractivity contribution in [3.8, 4) is 0 Å². The van der Waals surface area contributed by atoms with E-state index in [2.05, 4.69) is 4.99 Å². The van der Waals surface area contributed by atoms with E-state index in [1.165, 1.54) is 4.68 Å². The van der Waals surface area contributed by atoms with Crippen LogP contribution in [0.1, 0.15) is 6.92 Å². The van der Waals surface area contributed by atoms with Gasteiger partial charge < -0.3 is 11.6 Å². The molecule has 0 atom stereocenters. The van der Waals surface area contributed by atoms with Crippen LogP contribution in [0.4, 0.5) is 5.82 Å². The minimum absolute atomic E-state index is 0.514. The Hall–Kier alpha value is -1.45. The second kappa shape index (κ2) is 3.09. The molecule has 1 heterocycles. The average Bonchev–Trinajstić information content (AvgIpc) is 1.98. The van der Waals surface area contributed by atoms with Crippen LogP contribution in [0.5, 0.6) is 0 Å². The molecule has 4 heteroatoms. The van der Waals surface area contributed by atoms with Crippen molar-refractivity contribution in [2.75, 3.05) is 18.1 Å². The number of hydrogen-bond acceptors (Lipinski definition) is 3. The Labute approximate surface area is 65.1 Å². The smallest absolute Gasteiger partial charge is 0.124 e. The van der Waals surface area contributed by atoms with Gasteiger partial charge in [0.05, 0.1) is 5.36 Å². The topological polar surface area (TPSA) is 69.3 Å². The number of nitrogens with zero attached hydrogens (tertiary/aromatic N) is 2. The molecule has 0 amide bonds. The van der Waals surface area contributed by atoms with Gasteiger partial charge in [0.15, 0.2) is 0 Å². The van der Waals surface area contributed by atoms with Gasteiger partial charge in [0.25, 0.3) is 0 Å². The molecule has 0 aromatic carbocycles. The molecule has 60 valence electrons. The van der Waals surface area contributed by atoms with Crippen molar-refractivity contribution in [1.82, 2.24) is 4.68 Å². The van der Waals surface area contributed by atoms with Crippen molar-refractivity contribution in [2.45, 2.75) is 6.92 Å². The van der Waals surface area contributed by atoms with Gasteiger partial charge >= 0.3 is 0 Å². The third kappa shape index (κ3) is 1.73. The quantitative estimate of drug-likeness (QED) is 0.543. The maximum absolute atomic E-state index is 5.53. The van der Waals surface area contributed by atoms with E-state index in [1.54, 1.807) is 12.3 Å². The first-order valence-electron chi connectivity index (χ1n) is 3.47. The van der Waals surface area contributed by atoms with Crippen molar-refractivity contribution in [3.63, 3.8) is 0 Å². The van der Waals surface area contributed by atoms with Crippen LogP contribution in [0.3, 0.4) is 0 Å². The van der Waals surface area contributed by atoms with Crippen LogP contribution in [-0.4, -0.2) is 11.2 Å². The molecule has 0 unspecified atom stereocenters. The number of rotatable bonds is 1. The lowest BCUT2D eigenvalue weighted by atomic mass is 10.4. The fraction of sp³-hybridized carbons (Fsp3) is 0.286. The van der Waals surface area contributed by atoms with Crippen LogP contribution in [0.2, 0.25) is 0 Å². The Bertz CT molecular complexity index is 300. The summed E-state index contributed by atoms with van der Waals surface area (Å²) in [7, 11) is 0. The van der Waals surface area contributed by atoms with Crippen LogP contribution in [0.15, 0.2) is 23.3 Å². The van der Waals surface area contributed by atoms with Gasteiger partial charge in [-0.3, -0.25) is 9.67 Å². The van der Waals surface area contributed by atoms with Gasteiger partial charge in [-0.1, -0.05) is 0 Å². The highest BCUT2D eigenvalue weighted by atomic mass is 15.3. The molecule has 0 saturated carbocycles. The van der Waals surface area contributed by atoms with E-state index in [-0.39, 0.29) is 0 Å². The average molecular weight is 152 g/mol. The van der Waals surface area contributed by atoms with Crippen LogP contribution >= 0.6 is 0 Å². The monoisotopic (exact) mass is 152 g/mol. The third-order valence-electron chi connectivity index (χ3n) is 1.34. The summed E-state index contributed by atoms with van der Waals surface area (Å²) in [6, 6.07) is 3.56. The molecule has 0 saturated heterocycles. The summed E-state index contributed by atoms with van der Waals surface area (Å²) in [6.45, 7) is 2.73. The van der Waals surface area contributed by atoms with E-state index < -0.39 is 0 Å². The van der Waals surface area contributed by atoms with Gasteiger partial charge in [0.2, 0.25) is 0 Å². The third-order valence-corrected chi connectivity index (χ3v) is 1.34. The van der Waals surface area contributed by atoms with E-state index in [4.69, 9.17) is 11.6 Å². The Balaban J connectivity index is 3.15. The SMILES string of the molecule is CCN=c1ccn(N)c(N)c1. The zero-order chi connectivity index (χ0) is 8.27. The molecule has 0 aliphatic heterocycles. The normalized spacial score (nSPS) is 11.9. The highest BCUT2D eigenvalue weighted by Gasteiger charge is 1.87. The molecule has 0 spiro atoms. The van der Waals surface area contributed by atoms with E-state index in [1.807, 2.05) is 13.0 Å². The Morgan fingerprint density at radius 2 is 2.36 bits per heavy atom. The molecule has 0 fully saturated rings. The summed E-state index contributed by atoms with van der Waals surface area (Å²) in [5.74, 6) is 5.95. The van der Waals surface area contributed by atoms with Crippen molar-refractivity contribution in [3.05, 3.63) is 23.7 Å².